The fourth-order valence-corrected chi connectivity index (χ4v) is 4.74. The maximum Gasteiger partial charge on any atom is 0.573 e. The Morgan fingerprint density at radius 2 is 1.88 bits per heavy atom. The van der Waals surface area contributed by atoms with Crippen LogP contribution in [-0.2, 0) is 4.74 Å². The number of ether oxygens (including phenoxy) is 3. The van der Waals surface area contributed by atoms with Crippen molar-refractivity contribution >= 4 is 29.3 Å². The van der Waals surface area contributed by atoms with Gasteiger partial charge in [0, 0.05) is 29.6 Å². The monoisotopic (exact) mass is 470 g/mol. The van der Waals surface area contributed by atoms with Crippen molar-refractivity contribution in [2.45, 2.75) is 36.1 Å². The third kappa shape index (κ3) is 4.69. The minimum atomic E-state index is -4.82. The molecule has 1 fully saturated rings. The van der Waals surface area contributed by atoms with E-state index in [-0.39, 0.29) is 23.1 Å². The number of rotatable bonds is 5. The fraction of sp³-hybridized carbons (Fsp3) is 0.350. The molecule has 0 amide bonds. The number of non-ortho nitro benzene ring substituents is 1. The summed E-state index contributed by atoms with van der Waals surface area (Å²) in [6.45, 7) is 0. The molecule has 170 valence electrons. The molecule has 2 aromatic carbocycles. The molecule has 0 atom stereocenters. The third-order valence-electron chi connectivity index (χ3n) is 5.18. The van der Waals surface area contributed by atoms with Crippen molar-refractivity contribution < 1.29 is 37.1 Å². The molecular weight excluding hydrogens is 453 g/mol. The third-order valence-corrected chi connectivity index (χ3v) is 6.33. The van der Waals surface area contributed by atoms with E-state index in [1.807, 2.05) is 4.90 Å². The first kappa shape index (κ1) is 22.1. The predicted molar refractivity (Wildman–Crippen MR) is 108 cm³/mol. The van der Waals surface area contributed by atoms with Crippen LogP contribution in [0.25, 0.3) is 0 Å². The topological polar surface area (TPSA) is 91.1 Å². The number of anilines is 1. The largest absolute Gasteiger partial charge is 0.573 e. The van der Waals surface area contributed by atoms with Crippen LogP contribution in [0, 0.1) is 10.1 Å². The van der Waals surface area contributed by atoms with Crippen LogP contribution in [0.15, 0.2) is 41.3 Å². The fourth-order valence-electron chi connectivity index (χ4n) is 3.71. The Hall–Kier alpha value is -3.15. The van der Waals surface area contributed by atoms with Crippen LogP contribution in [0.5, 0.6) is 11.5 Å². The summed E-state index contributed by atoms with van der Waals surface area (Å²) in [4.78, 5) is 24.8. The van der Waals surface area contributed by atoms with Crippen LogP contribution < -0.4 is 14.4 Å². The van der Waals surface area contributed by atoms with Gasteiger partial charge in [-0.25, -0.2) is 4.79 Å². The molecule has 0 N–H and O–H groups in total. The normalized spacial score (nSPS) is 19.7. The summed E-state index contributed by atoms with van der Waals surface area (Å²) in [7, 11) is 1.80. The zero-order valence-electron chi connectivity index (χ0n) is 16.6. The van der Waals surface area contributed by atoms with Gasteiger partial charge >= 0.3 is 12.5 Å². The molecule has 0 saturated heterocycles. The van der Waals surface area contributed by atoms with E-state index in [1.54, 1.807) is 13.1 Å². The van der Waals surface area contributed by atoms with E-state index in [4.69, 9.17) is 9.47 Å². The number of alkyl halides is 3. The van der Waals surface area contributed by atoms with Crippen molar-refractivity contribution in [3.8, 4) is 11.5 Å². The number of thioether (sulfide) groups is 1. The standard InChI is InChI=1S/C20H17F3N2O6S/c1-24-10-32-16-7-6-15(31-20(21,22)23)17(18(16)24)11-8-14(9-11)30-19(26)29-13-4-2-12(3-5-13)25(27)28/h2-7,11,14H,8-10H2,1H3. The first-order valence-corrected chi connectivity index (χ1v) is 10.5. The molecule has 32 heavy (non-hydrogen) atoms. The lowest BCUT2D eigenvalue weighted by Crippen LogP contribution is -2.34. The highest BCUT2D eigenvalue weighted by Gasteiger charge is 2.41. The average Bonchev–Trinajstić information content (AvgIpc) is 3.05. The maximum absolute atomic E-state index is 12.9. The predicted octanol–water partition coefficient (Wildman–Crippen LogP) is 5.45. The summed E-state index contributed by atoms with van der Waals surface area (Å²) in [5.74, 6) is 0.173. The molecule has 1 saturated carbocycles. The molecule has 1 aliphatic carbocycles. The number of benzene rings is 2. The molecule has 2 aliphatic rings. The van der Waals surface area contributed by atoms with Gasteiger partial charge in [0.2, 0.25) is 0 Å². The van der Waals surface area contributed by atoms with Crippen LogP contribution in [0.1, 0.15) is 24.3 Å². The summed E-state index contributed by atoms with van der Waals surface area (Å²) >= 11 is 1.53. The van der Waals surface area contributed by atoms with E-state index in [2.05, 4.69) is 4.74 Å². The highest BCUT2D eigenvalue weighted by molar-refractivity contribution is 7.99. The van der Waals surface area contributed by atoms with Crippen molar-refractivity contribution in [2.24, 2.45) is 0 Å². The Bertz CT molecular complexity index is 1040. The highest BCUT2D eigenvalue weighted by Crippen LogP contribution is 2.52. The number of nitro benzene ring substituents is 1. The first-order valence-electron chi connectivity index (χ1n) is 9.50. The van der Waals surface area contributed by atoms with E-state index < -0.39 is 23.5 Å². The van der Waals surface area contributed by atoms with Gasteiger partial charge < -0.3 is 19.1 Å². The summed E-state index contributed by atoms with van der Waals surface area (Å²) in [6.07, 6.45) is -5.70. The molecule has 0 aromatic heterocycles. The second-order valence-electron chi connectivity index (χ2n) is 7.35. The lowest BCUT2D eigenvalue weighted by Gasteiger charge is -2.37. The quantitative estimate of drug-likeness (QED) is 0.246. The maximum atomic E-state index is 12.9. The van der Waals surface area contributed by atoms with Gasteiger partial charge in [-0.2, -0.15) is 0 Å². The summed E-state index contributed by atoms with van der Waals surface area (Å²) in [5, 5.41) is 10.7. The molecule has 0 unspecified atom stereocenters. The van der Waals surface area contributed by atoms with Gasteiger partial charge in [0.05, 0.1) is 16.5 Å². The smallest absolute Gasteiger partial charge is 0.431 e. The molecule has 1 heterocycles. The SMILES string of the molecule is CN1CSc2ccc(OC(F)(F)F)c(C3CC(OC(=O)Oc4ccc([N+](=O)[O-])cc4)C3)c21. The van der Waals surface area contributed by atoms with E-state index in [1.165, 1.54) is 42.1 Å². The van der Waals surface area contributed by atoms with Crippen molar-refractivity contribution in [3.05, 3.63) is 52.1 Å². The van der Waals surface area contributed by atoms with Gasteiger partial charge in [0.25, 0.3) is 5.69 Å². The lowest BCUT2D eigenvalue weighted by molar-refractivity contribution is -0.384. The minimum absolute atomic E-state index is 0.0804. The summed E-state index contributed by atoms with van der Waals surface area (Å²) < 4.78 is 53.3. The van der Waals surface area contributed by atoms with Crippen LogP contribution in [0.2, 0.25) is 0 Å². The second-order valence-corrected chi connectivity index (χ2v) is 8.34. The molecule has 2 aromatic rings. The van der Waals surface area contributed by atoms with Crippen LogP contribution in [0.4, 0.5) is 29.3 Å². The number of fused-ring (bicyclic) bond motifs is 1. The average molecular weight is 470 g/mol. The Balaban J connectivity index is 1.41. The number of halogens is 3. The van der Waals surface area contributed by atoms with Crippen LogP contribution >= 0.6 is 11.8 Å². The minimum Gasteiger partial charge on any atom is -0.431 e. The molecule has 4 rings (SSSR count). The number of hydrogen-bond acceptors (Lipinski definition) is 8. The molecule has 0 bridgehead atoms. The van der Waals surface area contributed by atoms with Crippen molar-refractivity contribution in [1.29, 1.82) is 0 Å². The number of nitro groups is 1. The summed E-state index contributed by atoms with van der Waals surface area (Å²) in [5.41, 5.74) is 1.01. The Kier molecular flexibility index (Phi) is 5.80. The number of carbonyl (C=O) groups is 1. The first-order chi connectivity index (χ1) is 15.1. The number of hydrogen-bond donors (Lipinski definition) is 0. The van der Waals surface area contributed by atoms with Crippen molar-refractivity contribution in [1.82, 2.24) is 0 Å². The van der Waals surface area contributed by atoms with E-state index in [0.29, 0.717) is 30.0 Å². The van der Waals surface area contributed by atoms with E-state index in [9.17, 15) is 28.1 Å². The highest BCUT2D eigenvalue weighted by atomic mass is 32.2. The molecule has 0 spiro atoms. The summed E-state index contributed by atoms with van der Waals surface area (Å²) in [6, 6.07) is 7.85. The Labute approximate surface area is 184 Å². The van der Waals surface area contributed by atoms with Crippen molar-refractivity contribution in [3.63, 3.8) is 0 Å². The Morgan fingerprint density at radius 1 is 1.19 bits per heavy atom. The molecule has 12 heteroatoms. The molecular formula is C20H17F3N2O6S. The molecule has 8 nitrogen and oxygen atoms in total. The van der Waals surface area contributed by atoms with Crippen LogP contribution in [-0.4, -0.2) is 36.5 Å². The van der Waals surface area contributed by atoms with Gasteiger partial charge in [-0.1, -0.05) is 0 Å². The Morgan fingerprint density at radius 3 is 2.50 bits per heavy atom. The van der Waals surface area contributed by atoms with Gasteiger partial charge in [0.1, 0.15) is 17.6 Å². The molecule has 0 radical (unpaired) electrons. The number of nitrogens with zero attached hydrogens (tertiary/aromatic N) is 2. The van der Waals surface area contributed by atoms with Gasteiger partial charge in [-0.05, 0) is 43.0 Å². The number of carbonyl (C=O) groups excluding carboxylic acids is 1. The lowest BCUT2D eigenvalue weighted by atomic mass is 9.76. The second kappa shape index (κ2) is 8.41. The zero-order valence-corrected chi connectivity index (χ0v) is 17.4. The van der Waals surface area contributed by atoms with Gasteiger partial charge in [0.15, 0.2) is 0 Å². The van der Waals surface area contributed by atoms with Gasteiger partial charge in [-0.3, -0.25) is 10.1 Å². The van der Waals surface area contributed by atoms with Crippen LogP contribution in [0.3, 0.4) is 0 Å². The van der Waals surface area contributed by atoms with Gasteiger partial charge in [-0.15, -0.1) is 24.9 Å². The molecule has 1 aliphatic heterocycles. The van der Waals surface area contributed by atoms with E-state index in [0.717, 1.165) is 4.90 Å². The zero-order chi connectivity index (χ0) is 23.0. The van der Waals surface area contributed by atoms with E-state index >= 15 is 0 Å². The van der Waals surface area contributed by atoms with Crippen molar-refractivity contribution in [2.75, 3.05) is 17.8 Å².